The summed E-state index contributed by atoms with van der Waals surface area (Å²) in [4.78, 5) is 0.663. The van der Waals surface area contributed by atoms with E-state index in [2.05, 4.69) is 4.99 Å². The summed E-state index contributed by atoms with van der Waals surface area (Å²) in [6.07, 6.45) is 0. The first-order chi connectivity index (χ1) is 9.54. The van der Waals surface area contributed by atoms with E-state index in [9.17, 15) is 4.39 Å². The molecule has 0 radical (unpaired) electrons. The summed E-state index contributed by atoms with van der Waals surface area (Å²) in [5, 5.41) is 0. The van der Waals surface area contributed by atoms with Gasteiger partial charge in [0.1, 0.15) is 0 Å². The van der Waals surface area contributed by atoms with Gasteiger partial charge < -0.3 is 0 Å². The van der Waals surface area contributed by atoms with E-state index >= 15 is 0 Å². The third-order valence-corrected chi connectivity index (χ3v) is 8.72. The molecule has 118 valence electrons. The van der Waals surface area contributed by atoms with Crippen LogP contribution in [0.2, 0.25) is 0 Å². The predicted molar refractivity (Wildman–Crippen MR) is 91.9 cm³/mol. The molecule has 1 saturated heterocycles. The van der Waals surface area contributed by atoms with Crippen molar-refractivity contribution in [3.63, 3.8) is 0 Å². The molecule has 0 unspecified atom stereocenters. The zero-order chi connectivity index (χ0) is 16.0. The Labute approximate surface area is 139 Å². The fourth-order valence-electron chi connectivity index (χ4n) is 2.40. The zero-order valence-corrected chi connectivity index (χ0v) is 15.4. The first-order valence-corrected chi connectivity index (χ1v) is 11.5. The van der Waals surface area contributed by atoms with Gasteiger partial charge in [0.15, 0.2) is 0 Å². The maximum atomic E-state index is 13.8. The van der Waals surface area contributed by atoms with Gasteiger partial charge in [-0.1, -0.05) is 0 Å². The maximum absolute atomic E-state index is 13.8. The number of rotatable bonds is 3. The van der Waals surface area contributed by atoms with Crippen LogP contribution in [-0.2, 0) is 0 Å². The van der Waals surface area contributed by atoms with Crippen LogP contribution in [0.15, 0.2) is 29.3 Å². The average Bonchev–Trinajstić information content (AvgIpc) is 2.28. The van der Waals surface area contributed by atoms with Crippen LogP contribution in [0.4, 0.5) is 10.1 Å². The molecular formula is C13H18Cl3FN3P. The topological polar surface area (TPSA) is 18.8 Å². The normalized spacial score (nSPS) is 22.0. The molecule has 1 aliphatic heterocycles. The van der Waals surface area contributed by atoms with Crippen molar-refractivity contribution < 1.29 is 4.39 Å². The molecule has 0 bridgehead atoms. The molecule has 0 amide bonds. The van der Waals surface area contributed by atoms with Crippen molar-refractivity contribution in [2.24, 2.45) is 4.99 Å². The Morgan fingerprint density at radius 2 is 1.48 bits per heavy atom. The molecule has 8 heteroatoms. The number of hydrogen-bond acceptors (Lipinski definition) is 1. The first kappa shape index (κ1) is 17.1. The van der Waals surface area contributed by atoms with Crippen LogP contribution in [0.1, 0.15) is 27.7 Å². The Bertz CT molecular complexity index is 562. The van der Waals surface area contributed by atoms with Gasteiger partial charge in [0.25, 0.3) is 0 Å². The van der Waals surface area contributed by atoms with E-state index in [0.29, 0.717) is 5.96 Å². The summed E-state index contributed by atoms with van der Waals surface area (Å²) >= 11 is 19.6. The second kappa shape index (κ2) is 5.42. The average molecular weight is 373 g/mol. The summed E-state index contributed by atoms with van der Waals surface area (Å²) in [7, 11) is 0. The van der Waals surface area contributed by atoms with Crippen molar-refractivity contribution in [1.82, 2.24) is 9.34 Å². The SMILES string of the molecule is CC(C)N1C(=Nc2ccccc2F)N(C(C)C)P1(Cl)(Cl)Cl. The molecule has 0 aromatic heterocycles. The number of para-hydroxylation sites is 1. The zero-order valence-electron chi connectivity index (χ0n) is 12.3. The van der Waals surface area contributed by atoms with Gasteiger partial charge in [-0.15, -0.1) is 0 Å². The Hall–Kier alpha value is -0.280. The van der Waals surface area contributed by atoms with Gasteiger partial charge in [-0.05, 0) is 0 Å². The standard InChI is InChI=1S/C13H18Cl3FN3P/c1-9(2)19-13(18-12-8-6-5-7-11(12)17)20(10(3)4)21(19,14,15)16/h5-10H,1-4H3. The van der Waals surface area contributed by atoms with Crippen molar-refractivity contribution in [3.05, 3.63) is 30.1 Å². The van der Waals surface area contributed by atoms with Crippen LogP contribution in [0, 0.1) is 5.82 Å². The van der Waals surface area contributed by atoms with Gasteiger partial charge in [-0.25, -0.2) is 0 Å². The van der Waals surface area contributed by atoms with E-state index in [0.717, 1.165) is 0 Å². The van der Waals surface area contributed by atoms with E-state index in [-0.39, 0.29) is 17.8 Å². The molecule has 1 aromatic rings. The van der Waals surface area contributed by atoms with Crippen LogP contribution < -0.4 is 0 Å². The minimum absolute atomic E-state index is 0.0457. The molecule has 21 heavy (non-hydrogen) atoms. The predicted octanol–water partition coefficient (Wildman–Crippen LogP) is 6.09. The molecule has 1 aromatic carbocycles. The van der Waals surface area contributed by atoms with Crippen molar-refractivity contribution in [3.8, 4) is 0 Å². The summed E-state index contributed by atoms with van der Waals surface area (Å²) in [6, 6.07) is 6.21. The second-order valence-electron chi connectivity index (χ2n) is 5.47. The molecule has 0 aliphatic carbocycles. The molecule has 0 saturated carbocycles. The van der Waals surface area contributed by atoms with Crippen molar-refractivity contribution in [2.45, 2.75) is 39.8 Å². The van der Waals surface area contributed by atoms with Gasteiger partial charge in [0.05, 0.1) is 0 Å². The van der Waals surface area contributed by atoms with E-state index in [1.54, 1.807) is 27.5 Å². The number of halogens is 4. The van der Waals surface area contributed by atoms with E-state index in [1.165, 1.54) is 6.07 Å². The molecule has 1 heterocycles. The summed E-state index contributed by atoms with van der Waals surface area (Å²) in [5.74, 6) is 0.103. The van der Waals surface area contributed by atoms with Crippen LogP contribution >= 0.6 is 38.7 Å². The number of nitrogens with zero attached hydrogens (tertiary/aromatic N) is 3. The fraction of sp³-hybridized carbons (Fsp3) is 0.462. The first-order valence-electron chi connectivity index (χ1n) is 6.64. The Balaban J connectivity index is 2.53. The van der Waals surface area contributed by atoms with Gasteiger partial charge in [-0.3, -0.25) is 0 Å². The Morgan fingerprint density at radius 1 is 1.00 bits per heavy atom. The van der Waals surface area contributed by atoms with Crippen molar-refractivity contribution in [2.75, 3.05) is 0 Å². The molecule has 1 aliphatic rings. The molecule has 0 atom stereocenters. The fourth-order valence-corrected chi connectivity index (χ4v) is 9.15. The van der Waals surface area contributed by atoms with Crippen LogP contribution in [0.25, 0.3) is 0 Å². The van der Waals surface area contributed by atoms with Gasteiger partial charge in [0, 0.05) is 0 Å². The van der Waals surface area contributed by atoms with Crippen LogP contribution in [0.3, 0.4) is 0 Å². The molecule has 3 nitrogen and oxygen atoms in total. The van der Waals surface area contributed by atoms with Crippen LogP contribution in [0.5, 0.6) is 0 Å². The molecule has 2 rings (SSSR count). The van der Waals surface area contributed by atoms with Crippen molar-refractivity contribution in [1.29, 1.82) is 0 Å². The number of aliphatic imine (C=N–C) groups is 1. The third kappa shape index (κ3) is 2.84. The summed E-state index contributed by atoms with van der Waals surface area (Å²) in [6.45, 7) is 7.68. The molecule has 0 N–H and O–H groups in total. The summed E-state index contributed by atoms with van der Waals surface area (Å²) < 4.78 is 17.2. The van der Waals surface area contributed by atoms with E-state index in [4.69, 9.17) is 33.7 Å². The quantitative estimate of drug-likeness (QED) is 0.598. The molecule has 0 spiro atoms. The second-order valence-corrected chi connectivity index (χ2v) is 15.1. The van der Waals surface area contributed by atoms with Crippen molar-refractivity contribution >= 4 is 50.3 Å². The van der Waals surface area contributed by atoms with E-state index < -0.39 is 10.8 Å². The Morgan fingerprint density at radius 3 is 1.90 bits per heavy atom. The molecular weight excluding hydrogens is 354 g/mol. The minimum atomic E-state index is -3.72. The number of benzene rings is 1. The van der Waals surface area contributed by atoms with Gasteiger partial charge >= 0.3 is 139 Å². The number of hydrogen-bond donors (Lipinski definition) is 0. The number of guanidine groups is 1. The van der Waals surface area contributed by atoms with Gasteiger partial charge in [0.2, 0.25) is 0 Å². The molecule has 1 fully saturated rings. The van der Waals surface area contributed by atoms with Crippen LogP contribution in [-0.4, -0.2) is 27.4 Å². The van der Waals surface area contributed by atoms with E-state index in [1.807, 2.05) is 27.7 Å². The third-order valence-electron chi connectivity index (χ3n) is 3.14. The summed E-state index contributed by atoms with van der Waals surface area (Å²) in [5.41, 5.74) is 0.237. The van der Waals surface area contributed by atoms with Gasteiger partial charge in [-0.2, -0.15) is 0 Å². The monoisotopic (exact) mass is 371 g/mol. The Kier molecular flexibility index (Phi) is 4.41.